The third kappa shape index (κ3) is 2.72. The summed E-state index contributed by atoms with van der Waals surface area (Å²) in [4.78, 5) is 10.6. The minimum atomic E-state index is -4.66. The predicted molar refractivity (Wildman–Crippen MR) is 35.7 cm³/mol. The van der Waals surface area contributed by atoms with E-state index < -0.39 is 21.0 Å². The molecule has 1 heterocycles. The van der Waals surface area contributed by atoms with Crippen molar-refractivity contribution in [3.63, 3.8) is 0 Å². The Labute approximate surface area is 92.3 Å². The van der Waals surface area contributed by atoms with Crippen molar-refractivity contribution in [1.29, 1.82) is 0 Å². The van der Waals surface area contributed by atoms with Gasteiger partial charge in [0.05, 0.1) is 6.26 Å². The van der Waals surface area contributed by atoms with Crippen LogP contribution in [0.4, 0.5) is 0 Å². The average Bonchev–Trinajstić information content (AvgIpc) is 2.34. The van der Waals surface area contributed by atoms with E-state index in [1.807, 2.05) is 0 Å². The molecule has 1 aromatic heterocycles. The van der Waals surface area contributed by atoms with Gasteiger partial charge in [-0.2, -0.15) is 8.42 Å². The molecule has 5 nitrogen and oxygen atoms in total. The zero-order chi connectivity index (χ0) is 8.48. The second-order valence-corrected chi connectivity index (χ2v) is 3.06. The molecule has 1 aromatic rings. The fourth-order valence-electron chi connectivity index (χ4n) is 0.522. The van der Waals surface area contributed by atoms with Gasteiger partial charge in [0.2, 0.25) is 0 Å². The summed E-state index contributed by atoms with van der Waals surface area (Å²) in [5.74, 6) is -0.396. The molecule has 62 valence electrons. The second kappa shape index (κ2) is 4.20. The molecule has 0 aromatic carbocycles. The van der Waals surface area contributed by atoms with Gasteiger partial charge in [-0.3, -0.25) is 9.35 Å². The first-order chi connectivity index (χ1) is 5.02. The third-order valence-electron chi connectivity index (χ3n) is 0.957. The van der Waals surface area contributed by atoms with Crippen molar-refractivity contribution in [1.82, 2.24) is 0 Å². The molecule has 7 heteroatoms. The van der Waals surface area contributed by atoms with E-state index in [2.05, 4.69) is 4.42 Å². The maximum absolute atomic E-state index is 10.6. The molecule has 0 fully saturated rings. The topological polar surface area (TPSA) is 84.6 Å². The van der Waals surface area contributed by atoms with Gasteiger partial charge in [-0.25, -0.2) is 0 Å². The molecule has 0 atom stereocenters. The summed E-state index contributed by atoms with van der Waals surface area (Å²) in [6, 6.07) is 2.49. The van der Waals surface area contributed by atoms with Crippen molar-refractivity contribution in [3.8, 4) is 0 Å². The maximum atomic E-state index is 10.6. The first-order valence-electron chi connectivity index (χ1n) is 2.57. The number of rotatable bonds is 1. The van der Waals surface area contributed by atoms with E-state index in [0.717, 1.165) is 12.3 Å². The van der Waals surface area contributed by atoms with Crippen molar-refractivity contribution in [2.45, 2.75) is 0 Å². The van der Waals surface area contributed by atoms with Crippen molar-refractivity contribution < 1.29 is 53.2 Å². The number of hydrogen-bond acceptors (Lipinski definition) is 4. The Bertz CT molecular complexity index is 356. The Morgan fingerprint density at radius 2 is 2.17 bits per heavy atom. The SMILES string of the molecule is O=C(c1ccco1)S(=O)(=O)O.[H-].[Na+]. The quantitative estimate of drug-likeness (QED) is 0.397. The van der Waals surface area contributed by atoms with Gasteiger partial charge in [-0.15, -0.1) is 0 Å². The molecule has 0 bridgehead atoms. The van der Waals surface area contributed by atoms with Gasteiger partial charge < -0.3 is 5.84 Å². The Balaban J connectivity index is 0. The molecule has 0 saturated carbocycles. The minimum absolute atomic E-state index is 0. The maximum Gasteiger partial charge on any atom is 1.00 e. The van der Waals surface area contributed by atoms with Crippen LogP contribution in [0.1, 0.15) is 12.0 Å². The van der Waals surface area contributed by atoms with Crippen molar-refractivity contribution in [3.05, 3.63) is 24.2 Å². The summed E-state index contributed by atoms with van der Waals surface area (Å²) >= 11 is 0. The zero-order valence-electron chi connectivity index (χ0n) is 7.22. The van der Waals surface area contributed by atoms with Gasteiger partial charge in [0.15, 0.2) is 5.76 Å². The molecule has 0 aliphatic heterocycles. The van der Waals surface area contributed by atoms with Gasteiger partial charge in [0.1, 0.15) is 0 Å². The second-order valence-electron chi connectivity index (χ2n) is 1.74. The van der Waals surface area contributed by atoms with Crippen molar-refractivity contribution in [2.75, 3.05) is 0 Å². The predicted octanol–water partition coefficient (Wildman–Crippen LogP) is -2.58. The molecule has 0 spiro atoms. The zero-order valence-corrected chi connectivity index (χ0v) is 9.04. The van der Waals surface area contributed by atoms with Gasteiger partial charge in [-0.1, -0.05) is 0 Å². The van der Waals surface area contributed by atoms with Crippen LogP contribution in [0.25, 0.3) is 0 Å². The minimum Gasteiger partial charge on any atom is -1.00 e. The molecule has 0 saturated heterocycles. The summed E-state index contributed by atoms with van der Waals surface area (Å²) < 4.78 is 33.0. The third-order valence-corrected chi connectivity index (χ3v) is 1.63. The molecule has 1 rings (SSSR count). The van der Waals surface area contributed by atoms with Gasteiger partial charge in [-0.05, 0) is 12.1 Å². The van der Waals surface area contributed by atoms with E-state index in [1.54, 1.807) is 0 Å². The first kappa shape index (κ1) is 11.9. The summed E-state index contributed by atoms with van der Waals surface area (Å²) in [5, 5.41) is -1.43. The van der Waals surface area contributed by atoms with Crippen LogP contribution in [0.5, 0.6) is 0 Å². The van der Waals surface area contributed by atoms with Gasteiger partial charge in [0, 0.05) is 0 Å². The standard InChI is InChI=1S/C5H4O5S.Na.H/c6-5(11(7,8)9)4-2-1-3-10-4;;/h1-3H,(H,7,8,9);;/q;+1;-1. The number of furan rings is 1. The van der Waals surface area contributed by atoms with E-state index in [0.29, 0.717) is 0 Å². The fourth-order valence-corrected chi connectivity index (χ4v) is 0.892. The monoisotopic (exact) mass is 200 g/mol. The van der Waals surface area contributed by atoms with E-state index >= 15 is 0 Å². The Morgan fingerprint density at radius 1 is 1.58 bits per heavy atom. The summed E-state index contributed by atoms with van der Waals surface area (Å²) in [6.45, 7) is 0. The van der Waals surface area contributed by atoms with Gasteiger partial charge >= 0.3 is 44.8 Å². The van der Waals surface area contributed by atoms with E-state index in [4.69, 9.17) is 4.55 Å². The van der Waals surface area contributed by atoms with Crippen molar-refractivity contribution >= 4 is 15.2 Å². The van der Waals surface area contributed by atoms with Crippen LogP contribution < -0.4 is 29.6 Å². The molecule has 0 radical (unpaired) electrons. The van der Waals surface area contributed by atoms with Crippen molar-refractivity contribution in [2.24, 2.45) is 0 Å². The van der Waals surface area contributed by atoms with Crippen LogP contribution in [-0.4, -0.2) is 18.1 Å². The fraction of sp³-hybridized carbons (Fsp3) is 0. The Kier molecular flexibility index (Phi) is 4.15. The van der Waals surface area contributed by atoms with Crippen LogP contribution in [0.15, 0.2) is 22.8 Å². The molecule has 0 aliphatic rings. The van der Waals surface area contributed by atoms with Gasteiger partial charge in [0.25, 0.3) is 0 Å². The molecule has 12 heavy (non-hydrogen) atoms. The normalized spacial score (nSPS) is 10.4. The first-order valence-corrected chi connectivity index (χ1v) is 4.01. The Hall–Kier alpha value is -0.140. The molecular formula is C5H5NaO5S. The van der Waals surface area contributed by atoms with E-state index in [-0.39, 0.29) is 31.0 Å². The summed E-state index contributed by atoms with van der Waals surface area (Å²) in [6.07, 6.45) is 1.14. The molecule has 0 aliphatic carbocycles. The molecular weight excluding hydrogens is 195 g/mol. The summed E-state index contributed by atoms with van der Waals surface area (Å²) in [7, 11) is -4.66. The number of carbonyl (C=O) groups is 1. The van der Waals surface area contributed by atoms with Crippen LogP contribution in [0.2, 0.25) is 0 Å². The smallest absolute Gasteiger partial charge is 1.00 e. The van der Waals surface area contributed by atoms with Crippen LogP contribution >= 0.6 is 0 Å². The average molecular weight is 200 g/mol. The van der Waals surface area contributed by atoms with Crippen LogP contribution in [0, 0.1) is 0 Å². The largest absolute Gasteiger partial charge is 1.00 e. The molecule has 0 amide bonds. The summed E-state index contributed by atoms with van der Waals surface area (Å²) in [5.41, 5.74) is 0. The molecule has 0 unspecified atom stereocenters. The molecule has 1 N–H and O–H groups in total. The Morgan fingerprint density at radius 3 is 2.50 bits per heavy atom. The van der Waals surface area contributed by atoms with Crippen LogP contribution in [-0.2, 0) is 10.1 Å². The van der Waals surface area contributed by atoms with Crippen LogP contribution in [0.3, 0.4) is 0 Å². The van der Waals surface area contributed by atoms with E-state index in [9.17, 15) is 13.2 Å². The van der Waals surface area contributed by atoms with E-state index in [1.165, 1.54) is 6.07 Å². The number of hydrogen-bond donors (Lipinski definition) is 1. The number of carbonyl (C=O) groups excluding carboxylic acids is 1.